The Bertz CT molecular complexity index is 880. The monoisotopic (exact) mass is 552 g/mol. The summed E-state index contributed by atoms with van der Waals surface area (Å²) in [5, 5.41) is 0. The zero-order chi connectivity index (χ0) is 30.1. The molecule has 1 heterocycles. The first-order chi connectivity index (χ1) is 18.0. The summed E-state index contributed by atoms with van der Waals surface area (Å²) in [6.07, 6.45) is -9.41. The van der Waals surface area contributed by atoms with E-state index in [4.69, 9.17) is 0 Å². The molecule has 0 saturated carbocycles. The van der Waals surface area contributed by atoms with Crippen molar-refractivity contribution in [3.05, 3.63) is 70.8 Å². The van der Waals surface area contributed by atoms with E-state index < -0.39 is 46.4 Å². The Morgan fingerprint density at radius 2 is 0.816 bits per heavy atom. The van der Waals surface area contributed by atoms with Crippen LogP contribution in [0.5, 0.6) is 0 Å². The summed E-state index contributed by atoms with van der Waals surface area (Å²) in [7, 11) is 3.00. The molecule has 2 aromatic rings. The highest BCUT2D eigenvalue weighted by Gasteiger charge is 2.38. The Balaban J connectivity index is 0. The van der Waals surface area contributed by atoms with Crippen LogP contribution in [0.2, 0.25) is 0 Å². The van der Waals surface area contributed by atoms with Crippen LogP contribution < -0.4 is 11.5 Å². The van der Waals surface area contributed by atoms with Gasteiger partial charge in [0.15, 0.2) is 0 Å². The van der Waals surface area contributed by atoms with Crippen LogP contribution in [0.4, 0.5) is 26.3 Å². The van der Waals surface area contributed by atoms with Crippen molar-refractivity contribution < 1.29 is 35.9 Å². The summed E-state index contributed by atoms with van der Waals surface area (Å²) in [5.74, 6) is -1.68. The summed E-state index contributed by atoms with van der Waals surface area (Å²) >= 11 is 0. The van der Waals surface area contributed by atoms with E-state index in [9.17, 15) is 35.9 Å². The molecule has 12 heteroatoms. The fourth-order valence-corrected chi connectivity index (χ4v) is 3.29. The van der Waals surface area contributed by atoms with E-state index in [1.807, 2.05) is 27.7 Å². The molecule has 0 bridgehead atoms. The second-order valence-corrected chi connectivity index (χ2v) is 6.67. The Hall–Kier alpha value is -3.12. The predicted molar refractivity (Wildman–Crippen MR) is 138 cm³/mol. The van der Waals surface area contributed by atoms with E-state index in [1.54, 1.807) is 0 Å². The molecule has 0 aromatic heterocycles. The molecule has 3 rings (SSSR count). The number of hydrogen-bond donors (Lipinski definition) is 2. The highest BCUT2D eigenvalue weighted by molar-refractivity contribution is 5.97. The molecule has 4 N–H and O–H groups in total. The maximum Gasteiger partial charge on any atom is 0.417 e. The van der Waals surface area contributed by atoms with Crippen LogP contribution in [0.15, 0.2) is 48.5 Å². The number of halogens is 6. The van der Waals surface area contributed by atoms with Crippen LogP contribution in [0.1, 0.15) is 59.5 Å². The molecule has 0 spiro atoms. The summed E-state index contributed by atoms with van der Waals surface area (Å²) in [6, 6.07) is 8.74. The van der Waals surface area contributed by atoms with E-state index in [0.29, 0.717) is 0 Å². The number of benzene rings is 2. The summed E-state index contributed by atoms with van der Waals surface area (Å²) in [4.78, 5) is 27.5. The first kappa shape index (κ1) is 37.0. The highest BCUT2D eigenvalue weighted by Crippen LogP contribution is 2.34. The first-order valence-electron chi connectivity index (χ1n) is 12.1. The molecule has 1 saturated heterocycles. The van der Waals surface area contributed by atoms with Crippen molar-refractivity contribution in [1.29, 1.82) is 0 Å². The van der Waals surface area contributed by atoms with E-state index in [1.165, 1.54) is 38.4 Å². The van der Waals surface area contributed by atoms with Gasteiger partial charge in [0.05, 0.1) is 22.3 Å². The minimum absolute atomic E-state index is 0.0923. The summed E-state index contributed by atoms with van der Waals surface area (Å²) in [5.41, 5.74) is 5.86. The zero-order valence-corrected chi connectivity index (χ0v) is 22.6. The van der Waals surface area contributed by atoms with E-state index in [0.717, 1.165) is 34.1 Å². The third kappa shape index (κ3) is 10.3. The highest BCUT2D eigenvalue weighted by atomic mass is 19.4. The Labute approximate surface area is 220 Å². The van der Waals surface area contributed by atoms with Gasteiger partial charge in [-0.1, -0.05) is 52.0 Å². The lowest BCUT2D eigenvalue weighted by Crippen LogP contribution is -2.51. The molecular formula is C26H38F6N4O2. The maximum atomic E-state index is 13.2. The number of amides is 2. The van der Waals surface area contributed by atoms with Crippen molar-refractivity contribution in [2.24, 2.45) is 11.5 Å². The average molecular weight is 553 g/mol. The van der Waals surface area contributed by atoms with Crippen molar-refractivity contribution in [3.8, 4) is 0 Å². The van der Waals surface area contributed by atoms with Gasteiger partial charge in [-0.25, -0.2) is 0 Å². The lowest BCUT2D eigenvalue weighted by Gasteiger charge is -2.35. The third-order valence-electron chi connectivity index (χ3n) is 4.78. The van der Waals surface area contributed by atoms with Gasteiger partial charge in [0, 0.05) is 26.2 Å². The molecule has 0 atom stereocenters. The van der Waals surface area contributed by atoms with Gasteiger partial charge in [-0.15, -0.1) is 0 Å². The van der Waals surface area contributed by atoms with Crippen molar-refractivity contribution in [1.82, 2.24) is 9.80 Å². The molecule has 6 nitrogen and oxygen atoms in total. The van der Waals surface area contributed by atoms with Crippen molar-refractivity contribution >= 4 is 11.8 Å². The van der Waals surface area contributed by atoms with Gasteiger partial charge in [-0.05, 0) is 38.4 Å². The molecular weight excluding hydrogens is 514 g/mol. The van der Waals surface area contributed by atoms with Crippen molar-refractivity contribution in [2.75, 3.05) is 40.3 Å². The summed E-state index contributed by atoms with van der Waals surface area (Å²) < 4.78 is 78.9. The molecule has 0 aliphatic carbocycles. The quantitative estimate of drug-likeness (QED) is 0.480. The van der Waals surface area contributed by atoms with Crippen LogP contribution in [0.25, 0.3) is 0 Å². The third-order valence-corrected chi connectivity index (χ3v) is 4.78. The molecule has 38 heavy (non-hydrogen) atoms. The van der Waals surface area contributed by atoms with Gasteiger partial charge in [-0.2, -0.15) is 26.3 Å². The number of carbonyl (C=O) groups excluding carboxylic acids is 2. The maximum absolute atomic E-state index is 13.2. The molecule has 2 amide bonds. The number of carbonyl (C=O) groups is 2. The minimum Gasteiger partial charge on any atom is -0.335 e. The number of rotatable bonds is 2. The predicted octanol–water partition coefficient (Wildman–Crippen LogP) is 5.52. The smallest absolute Gasteiger partial charge is 0.335 e. The number of hydrogen-bond acceptors (Lipinski definition) is 4. The fraction of sp³-hybridized carbons (Fsp3) is 0.462. The van der Waals surface area contributed by atoms with Crippen LogP contribution in [-0.2, 0) is 12.4 Å². The minimum atomic E-state index is -4.70. The number of alkyl halides is 6. The normalized spacial score (nSPS) is 12.7. The Morgan fingerprint density at radius 1 is 0.579 bits per heavy atom. The fourth-order valence-electron chi connectivity index (χ4n) is 3.29. The molecule has 1 fully saturated rings. The van der Waals surface area contributed by atoms with Crippen LogP contribution >= 0.6 is 0 Å². The van der Waals surface area contributed by atoms with Crippen molar-refractivity contribution in [2.45, 2.75) is 40.0 Å². The van der Waals surface area contributed by atoms with Gasteiger partial charge in [0.1, 0.15) is 0 Å². The molecule has 0 radical (unpaired) electrons. The SMILES string of the molecule is CC.CC.CN.CN.O=C(c1ccccc1C(F)(F)F)N1CCN(C(=O)c2ccccc2C(F)(F)F)CC1. The van der Waals surface area contributed by atoms with E-state index in [2.05, 4.69) is 11.5 Å². The lowest BCUT2D eigenvalue weighted by atomic mass is 10.0. The molecule has 1 aliphatic rings. The standard InChI is InChI=1S/C20H16F6N2O2.2C2H6.2CH5N/c21-19(22,23)15-7-3-1-5-13(15)17(29)27-9-11-28(12-10-27)18(30)14-6-2-4-8-16(14)20(24,25)26;4*1-2/h1-8H,9-12H2;2*1-2H3;2*2H2,1H3. The van der Waals surface area contributed by atoms with Crippen molar-refractivity contribution in [3.63, 3.8) is 0 Å². The second-order valence-electron chi connectivity index (χ2n) is 6.67. The zero-order valence-electron chi connectivity index (χ0n) is 22.6. The molecule has 1 aliphatic heterocycles. The van der Waals surface area contributed by atoms with Crippen LogP contribution in [0, 0.1) is 0 Å². The van der Waals surface area contributed by atoms with Crippen LogP contribution in [-0.4, -0.2) is 61.9 Å². The molecule has 216 valence electrons. The summed E-state index contributed by atoms with van der Waals surface area (Å²) in [6.45, 7) is 7.63. The average Bonchev–Trinajstić information content (AvgIpc) is 2.96. The van der Waals surface area contributed by atoms with Gasteiger partial charge in [0.2, 0.25) is 0 Å². The van der Waals surface area contributed by atoms with E-state index >= 15 is 0 Å². The molecule has 0 unspecified atom stereocenters. The lowest BCUT2D eigenvalue weighted by molar-refractivity contribution is -0.138. The van der Waals surface area contributed by atoms with Crippen LogP contribution in [0.3, 0.4) is 0 Å². The number of nitrogens with zero attached hydrogens (tertiary/aromatic N) is 2. The van der Waals surface area contributed by atoms with Gasteiger partial charge >= 0.3 is 12.4 Å². The van der Waals surface area contributed by atoms with Gasteiger partial charge < -0.3 is 21.3 Å². The van der Waals surface area contributed by atoms with Gasteiger partial charge in [-0.3, -0.25) is 9.59 Å². The topological polar surface area (TPSA) is 92.7 Å². The Kier molecular flexibility index (Phi) is 17.7. The first-order valence-corrected chi connectivity index (χ1v) is 12.1. The number of nitrogens with two attached hydrogens (primary N) is 2. The Morgan fingerprint density at radius 3 is 1.05 bits per heavy atom. The largest absolute Gasteiger partial charge is 0.417 e. The van der Waals surface area contributed by atoms with Gasteiger partial charge in [0.25, 0.3) is 11.8 Å². The molecule has 2 aromatic carbocycles. The number of piperazine rings is 1. The second kappa shape index (κ2) is 18.2. The van der Waals surface area contributed by atoms with E-state index in [-0.39, 0.29) is 26.2 Å².